The summed E-state index contributed by atoms with van der Waals surface area (Å²) in [6.07, 6.45) is 1.38. The first-order chi connectivity index (χ1) is 6.93. The van der Waals surface area contributed by atoms with Crippen molar-refractivity contribution in [3.05, 3.63) is 0 Å². The Morgan fingerprint density at radius 3 is 2.47 bits per heavy atom. The van der Waals surface area contributed by atoms with E-state index in [0.717, 1.165) is 12.5 Å². The van der Waals surface area contributed by atoms with Gasteiger partial charge in [-0.15, -0.1) is 0 Å². The first-order valence-corrected chi connectivity index (χ1v) is 6.39. The summed E-state index contributed by atoms with van der Waals surface area (Å²) in [6.45, 7) is 16.4. The van der Waals surface area contributed by atoms with Crippen LogP contribution in [0.2, 0.25) is 0 Å². The van der Waals surface area contributed by atoms with Gasteiger partial charge in [-0.2, -0.15) is 0 Å². The van der Waals surface area contributed by atoms with Gasteiger partial charge in [0.1, 0.15) is 0 Å². The summed E-state index contributed by atoms with van der Waals surface area (Å²) in [6, 6.07) is 0.618. The van der Waals surface area contributed by atoms with E-state index in [9.17, 15) is 0 Å². The van der Waals surface area contributed by atoms with Crippen molar-refractivity contribution in [2.45, 2.75) is 47.1 Å². The maximum absolute atomic E-state index is 3.62. The average Bonchev–Trinajstić information content (AvgIpc) is 2.49. The SMILES string of the molecule is CCNC(CN1CCC(C)C1)C(C)(C)C. The highest BCUT2D eigenvalue weighted by molar-refractivity contribution is 4.85. The maximum atomic E-state index is 3.62. The smallest absolute Gasteiger partial charge is 0.0243 e. The minimum atomic E-state index is 0.363. The summed E-state index contributed by atoms with van der Waals surface area (Å²) < 4.78 is 0. The number of likely N-dealkylation sites (N-methyl/N-ethyl adjacent to an activating group) is 1. The lowest BCUT2D eigenvalue weighted by atomic mass is 9.86. The zero-order chi connectivity index (χ0) is 11.5. The molecule has 1 heterocycles. The van der Waals surface area contributed by atoms with Crippen molar-refractivity contribution in [3.8, 4) is 0 Å². The Hall–Kier alpha value is -0.0800. The zero-order valence-corrected chi connectivity index (χ0v) is 11.1. The highest BCUT2D eigenvalue weighted by Crippen LogP contribution is 2.23. The lowest BCUT2D eigenvalue weighted by molar-refractivity contribution is 0.193. The highest BCUT2D eigenvalue weighted by Gasteiger charge is 2.28. The molecule has 0 radical (unpaired) electrons. The maximum Gasteiger partial charge on any atom is 0.0243 e. The van der Waals surface area contributed by atoms with Gasteiger partial charge in [-0.05, 0) is 30.8 Å². The molecular formula is C13H28N2. The average molecular weight is 212 g/mol. The Labute approximate surface area is 95.4 Å². The molecule has 2 atom stereocenters. The third-order valence-electron chi connectivity index (χ3n) is 3.44. The van der Waals surface area contributed by atoms with Crippen molar-refractivity contribution in [2.24, 2.45) is 11.3 Å². The summed E-state index contributed by atoms with van der Waals surface area (Å²) >= 11 is 0. The van der Waals surface area contributed by atoms with Gasteiger partial charge in [-0.3, -0.25) is 0 Å². The number of hydrogen-bond donors (Lipinski definition) is 1. The van der Waals surface area contributed by atoms with E-state index in [2.05, 4.69) is 44.8 Å². The van der Waals surface area contributed by atoms with Crippen LogP contribution in [0.25, 0.3) is 0 Å². The first-order valence-electron chi connectivity index (χ1n) is 6.39. The monoisotopic (exact) mass is 212 g/mol. The molecule has 2 unspecified atom stereocenters. The van der Waals surface area contributed by atoms with Crippen LogP contribution < -0.4 is 5.32 Å². The first kappa shape index (κ1) is 13.0. The second-order valence-electron chi connectivity index (χ2n) is 6.13. The topological polar surface area (TPSA) is 15.3 Å². The molecule has 2 nitrogen and oxygen atoms in total. The Kier molecular flexibility index (Phi) is 4.60. The standard InChI is InChI=1S/C13H28N2/c1-6-14-12(13(3,4)5)10-15-8-7-11(2)9-15/h11-12,14H,6-10H2,1-5H3. The van der Waals surface area contributed by atoms with E-state index in [1.54, 1.807) is 0 Å². The van der Waals surface area contributed by atoms with Crippen LogP contribution in [0.15, 0.2) is 0 Å². The molecule has 1 N–H and O–H groups in total. The van der Waals surface area contributed by atoms with Crippen LogP contribution in [0.5, 0.6) is 0 Å². The summed E-state index contributed by atoms with van der Waals surface area (Å²) in [5.41, 5.74) is 0.363. The molecule has 1 aliphatic rings. The van der Waals surface area contributed by atoms with E-state index >= 15 is 0 Å². The third kappa shape index (κ3) is 4.12. The largest absolute Gasteiger partial charge is 0.312 e. The summed E-state index contributed by atoms with van der Waals surface area (Å²) in [5.74, 6) is 0.896. The Morgan fingerprint density at radius 1 is 1.40 bits per heavy atom. The fraction of sp³-hybridized carbons (Fsp3) is 1.00. The molecule has 1 saturated heterocycles. The predicted octanol–water partition coefficient (Wildman–Crippen LogP) is 2.35. The second kappa shape index (κ2) is 5.31. The van der Waals surface area contributed by atoms with Crippen molar-refractivity contribution in [1.29, 1.82) is 0 Å². The minimum Gasteiger partial charge on any atom is -0.312 e. The van der Waals surface area contributed by atoms with Crippen molar-refractivity contribution in [3.63, 3.8) is 0 Å². The Morgan fingerprint density at radius 2 is 2.07 bits per heavy atom. The van der Waals surface area contributed by atoms with Gasteiger partial charge in [0, 0.05) is 19.1 Å². The van der Waals surface area contributed by atoms with Crippen LogP contribution in [-0.4, -0.2) is 37.1 Å². The van der Waals surface area contributed by atoms with Crippen LogP contribution in [0.4, 0.5) is 0 Å². The lowest BCUT2D eigenvalue weighted by Crippen LogP contribution is -2.48. The van der Waals surface area contributed by atoms with Crippen LogP contribution in [0, 0.1) is 11.3 Å². The molecular weight excluding hydrogens is 184 g/mol. The number of rotatable bonds is 4. The summed E-state index contributed by atoms with van der Waals surface area (Å²) in [7, 11) is 0. The summed E-state index contributed by atoms with van der Waals surface area (Å²) in [4.78, 5) is 2.61. The van der Waals surface area contributed by atoms with E-state index in [1.807, 2.05) is 0 Å². The molecule has 1 aliphatic heterocycles. The molecule has 0 aliphatic carbocycles. The normalized spacial score (nSPS) is 25.8. The molecule has 90 valence electrons. The number of nitrogens with one attached hydrogen (secondary N) is 1. The van der Waals surface area contributed by atoms with Gasteiger partial charge >= 0.3 is 0 Å². The van der Waals surface area contributed by atoms with Gasteiger partial charge in [0.05, 0.1) is 0 Å². The fourth-order valence-corrected chi connectivity index (χ4v) is 2.34. The number of hydrogen-bond acceptors (Lipinski definition) is 2. The molecule has 1 rings (SSSR count). The molecule has 1 fully saturated rings. The Balaban J connectivity index is 2.44. The molecule has 2 heteroatoms. The van der Waals surface area contributed by atoms with Crippen LogP contribution in [0.1, 0.15) is 41.0 Å². The van der Waals surface area contributed by atoms with Crippen LogP contribution in [0.3, 0.4) is 0 Å². The van der Waals surface area contributed by atoms with Crippen molar-refractivity contribution in [1.82, 2.24) is 10.2 Å². The van der Waals surface area contributed by atoms with Crippen LogP contribution >= 0.6 is 0 Å². The molecule has 0 aromatic heterocycles. The van der Waals surface area contributed by atoms with E-state index < -0.39 is 0 Å². The zero-order valence-electron chi connectivity index (χ0n) is 11.1. The molecule has 0 aromatic carbocycles. The molecule has 0 aromatic rings. The van der Waals surface area contributed by atoms with Crippen molar-refractivity contribution in [2.75, 3.05) is 26.2 Å². The van der Waals surface area contributed by atoms with Gasteiger partial charge in [0.25, 0.3) is 0 Å². The lowest BCUT2D eigenvalue weighted by Gasteiger charge is -2.34. The number of likely N-dealkylation sites (tertiary alicyclic amines) is 1. The molecule has 15 heavy (non-hydrogen) atoms. The third-order valence-corrected chi connectivity index (χ3v) is 3.44. The molecule has 0 amide bonds. The van der Waals surface area contributed by atoms with E-state index in [1.165, 1.54) is 26.1 Å². The predicted molar refractivity (Wildman–Crippen MR) is 67.1 cm³/mol. The minimum absolute atomic E-state index is 0.363. The molecule has 0 saturated carbocycles. The van der Waals surface area contributed by atoms with Gasteiger partial charge in [-0.25, -0.2) is 0 Å². The highest BCUT2D eigenvalue weighted by atomic mass is 15.2. The number of nitrogens with zero attached hydrogens (tertiary/aromatic N) is 1. The van der Waals surface area contributed by atoms with Crippen molar-refractivity contribution < 1.29 is 0 Å². The van der Waals surface area contributed by atoms with E-state index in [4.69, 9.17) is 0 Å². The molecule has 0 spiro atoms. The van der Waals surface area contributed by atoms with Crippen LogP contribution in [-0.2, 0) is 0 Å². The second-order valence-corrected chi connectivity index (χ2v) is 6.13. The van der Waals surface area contributed by atoms with Gasteiger partial charge in [0.2, 0.25) is 0 Å². The Bertz CT molecular complexity index is 183. The quantitative estimate of drug-likeness (QED) is 0.769. The molecule has 0 bridgehead atoms. The fourth-order valence-electron chi connectivity index (χ4n) is 2.34. The van der Waals surface area contributed by atoms with Gasteiger partial charge < -0.3 is 10.2 Å². The van der Waals surface area contributed by atoms with E-state index in [0.29, 0.717) is 11.5 Å². The van der Waals surface area contributed by atoms with Gasteiger partial charge in [0.15, 0.2) is 0 Å². The van der Waals surface area contributed by atoms with Gasteiger partial charge in [-0.1, -0.05) is 34.6 Å². The van der Waals surface area contributed by atoms with Crippen molar-refractivity contribution >= 4 is 0 Å². The van der Waals surface area contributed by atoms with E-state index in [-0.39, 0.29) is 0 Å². The summed E-state index contributed by atoms with van der Waals surface area (Å²) in [5, 5.41) is 3.62.